The molecule has 7 heteroatoms. The first-order valence-electron chi connectivity index (χ1n) is 6.15. The van der Waals surface area contributed by atoms with Crippen LogP contribution in [0.5, 0.6) is 0 Å². The molecule has 0 unspecified atom stereocenters. The summed E-state index contributed by atoms with van der Waals surface area (Å²) in [6, 6.07) is 9.40. The second kappa shape index (κ2) is 5.45. The number of hydrogen-bond acceptors (Lipinski definition) is 5. The first-order chi connectivity index (χ1) is 10.1. The maximum absolute atomic E-state index is 13.1. The van der Waals surface area contributed by atoms with E-state index < -0.39 is 4.92 Å². The van der Waals surface area contributed by atoms with E-state index in [4.69, 9.17) is 0 Å². The summed E-state index contributed by atoms with van der Waals surface area (Å²) in [5, 5.41) is 14.7. The molecule has 106 valence electrons. The van der Waals surface area contributed by atoms with Crippen molar-refractivity contribution in [2.24, 2.45) is 0 Å². The number of nitro groups is 1. The van der Waals surface area contributed by atoms with Gasteiger partial charge in [0.05, 0.1) is 11.5 Å². The van der Waals surface area contributed by atoms with Crippen LogP contribution in [0.2, 0.25) is 0 Å². The van der Waals surface area contributed by atoms with E-state index in [-0.39, 0.29) is 17.3 Å². The number of anilines is 1. The van der Waals surface area contributed by atoms with E-state index in [1.165, 1.54) is 41.8 Å². The van der Waals surface area contributed by atoms with Crippen molar-refractivity contribution in [2.45, 2.75) is 6.54 Å². The van der Waals surface area contributed by atoms with E-state index >= 15 is 0 Å². The first-order valence-corrected chi connectivity index (χ1v) is 6.96. The van der Waals surface area contributed by atoms with Crippen LogP contribution in [0.3, 0.4) is 0 Å². The number of hydrogen-bond donors (Lipinski definition) is 1. The third kappa shape index (κ3) is 2.82. The molecule has 0 aliphatic carbocycles. The summed E-state index contributed by atoms with van der Waals surface area (Å²) in [5.41, 5.74) is -0.0651. The SMILES string of the molecule is O=[N+]([O-])c1cccnc1NCc1cc2cc(F)ccc2s1. The molecule has 2 heterocycles. The number of halogens is 1. The Bertz CT molecular complexity index is 819. The highest BCUT2D eigenvalue weighted by molar-refractivity contribution is 7.19. The Hall–Kier alpha value is -2.54. The van der Waals surface area contributed by atoms with Crippen LogP contribution in [-0.4, -0.2) is 9.91 Å². The number of nitrogens with one attached hydrogen (secondary N) is 1. The molecule has 0 saturated heterocycles. The Kier molecular flexibility index (Phi) is 3.49. The standard InChI is InChI=1S/C14H10FN3O2S/c15-10-3-4-13-9(6-10)7-11(21-13)8-17-14-12(18(19)20)2-1-5-16-14/h1-7H,8H2,(H,16,17). The van der Waals surface area contributed by atoms with E-state index in [0.717, 1.165) is 15.0 Å². The molecule has 5 nitrogen and oxygen atoms in total. The molecule has 0 bridgehead atoms. The number of benzene rings is 1. The van der Waals surface area contributed by atoms with Gasteiger partial charge < -0.3 is 5.32 Å². The van der Waals surface area contributed by atoms with Crippen molar-refractivity contribution in [1.29, 1.82) is 0 Å². The molecule has 1 N–H and O–H groups in total. The van der Waals surface area contributed by atoms with E-state index in [0.29, 0.717) is 6.54 Å². The summed E-state index contributed by atoms with van der Waals surface area (Å²) in [7, 11) is 0. The highest BCUT2D eigenvalue weighted by Crippen LogP contribution is 2.28. The molecule has 1 aromatic carbocycles. The average molecular weight is 303 g/mol. The van der Waals surface area contributed by atoms with Crippen molar-refractivity contribution in [3.63, 3.8) is 0 Å². The highest BCUT2D eigenvalue weighted by Gasteiger charge is 2.13. The van der Waals surface area contributed by atoms with Crippen LogP contribution in [0.1, 0.15) is 4.88 Å². The van der Waals surface area contributed by atoms with Gasteiger partial charge in [-0.2, -0.15) is 0 Å². The minimum absolute atomic E-state index is 0.0651. The number of rotatable bonds is 4. The minimum atomic E-state index is -0.477. The number of fused-ring (bicyclic) bond motifs is 1. The maximum atomic E-state index is 13.1. The zero-order valence-electron chi connectivity index (χ0n) is 10.7. The third-order valence-corrected chi connectivity index (χ3v) is 4.06. The normalized spacial score (nSPS) is 10.7. The summed E-state index contributed by atoms with van der Waals surface area (Å²) in [5.74, 6) is -0.0497. The van der Waals surface area contributed by atoms with Crippen LogP contribution in [0, 0.1) is 15.9 Å². The molecule has 21 heavy (non-hydrogen) atoms. The van der Waals surface area contributed by atoms with Gasteiger partial charge in [-0.15, -0.1) is 11.3 Å². The first kappa shape index (κ1) is 13.4. The van der Waals surface area contributed by atoms with Crippen molar-refractivity contribution in [3.8, 4) is 0 Å². The monoisotopic (exact) mass is 303 g/mol. The second-order valence-electron chi connectivity index (χ2n) is 4.38. The van der Waals surface area contributed by atoms with E-state index in [1.54, 1.807) is 6.07 Å². The summed E-state index contributed by atoms with van der Waals surface area (Å²) < 4.78 is 14.1. The van der Waals surface area contributed by atoms with Gasteiger partial charge in [0, 0.05) is 21.8 Å². The van der Waals surface area contributed by atoms with Crippen LogP contribution in [0.4, 0.5) is 15.9 Å². The van der Waals surface area contributed by atoms with Crippen molar-refractivity contribution >= 4 is 32.9 Å². The molecule has 2 aromatic heterocycles. The van der Waals surface area contributed by atoms with Crippen molar-refractivity contribution in [1.82, 2.24) is 4.98 Å². The molecule has 0 fully saturated rings. The molecule has 0 aliphatic rings. The Morgan fingerprint density at radius 2 is 2.19 bits per heavy atom. The number of nitrogens with zero attached hydrogens (tertiary/aromatic N) is 2. The van der Waals surface area contributed by atoms with Gasteiger partial charge in [-0.05, 0) is 35.7 Å². The zero-order valence-corrected chi connectivity index (χ0v) is 11.6. The fourth-order valence-electron chi connectivity index (χ4n) is 2.01. The Balaban J connectivity index is 1.82. The van der Waals surface area contributed by atoms with Crippen LogP contribution in [0.15, 0.2) is 42.6 Å². The molecular formula is C14H10FN3O2S. The van der Waals surface area contributed by atoms with Gasteiger partial charge in [-0.1, -0.05) is 0 Å². The lowest BCUT2D eigenvalue weighted by molar-refractivity contribution is -0.384. The molecule has 0 spiro atoms. The molecular weight excluding hydrogens is 293 g/mol. The van der Waals surface area contributed by atoms with Crippen molar-refractivity contribution in [2.75, 3.05) is 5.32 Å². The predicted octanol–water partition coefficient (Wildman–Crippen LogP) is 3.96. The average Bonchev–Trinajstić information content (AvgIpc) is 2.87. The summed E-state index contributed by atoms with van der Waals surface area (Å²) in [4.78, 5) is 15.4. The lowest BCUT2D eigenvalue weighted by Gasteiger charge is -2.03. The van der Waals surface area contributed by atoms with Gasteiger partial charge in [-0.25, -0.2) is 9.37 Å². The Morgan fingerprint density at radius 3 is 3.00 bits per heavy atom. The molecule has 0 amide bonds. The lowest BCUT2D eigenvalue weighted by Crippen LogP contribution is -2.03. The lowest BCUT2D eigenvalue weighted by atomic mass is 10.2. The van der Waals surface area contributed by atoms with Crippen LogP contribution in [0.25, 0.3) is 10.1 Å². The second-order valence-corrected chi connectivity index (χ2v) is 5.54. The van der Waals surface area contributed by atoms with Gasteiger partial charge in [0.2, 0.25) is 5.82 Å². The zero-order chi connectivity index (χ0) is 14.8. The maximum Gasteiger partial charge on any atom is 0.311 e. The van der Waals surface area contributed by atoms with Gasteiger partial charge in [0.25, 0.3) is 0 Å². The number of pyridine rings is 1. The van der Waals surface area contributed by atoms with E-state index in [1.807, 2.05) is 6.07 Å². The predicted molar refractivity (Wildman–Crippen MR) is 80.0 cm³/mol. The van der Waals surface area contributed by atoms with Gasteiger partial charge >= 0.3 is 5.69 Å². The highest BCUT2D eigenvalue weighted by atomic mass is 32.1. The van der Waals surface area contributed by atoms with Gasteiger partial charge in [-0.3, -0.25) is 10.1 Å². The molecule has 3 aromatic rings. The summed E-state index contributed by atoms with van der Waals surface area (Å²) in [6.45, 7) is 0.402. The largest absolute Gasteiger partial charge is 0.359 e. The third-order valence-electron chi connectivity index (χ3n) is 2.94. The van der Waals surface area contributed by atoms with Crippen LogP contribution >= 0.6 is 11.3 Å². The minimum Gasteiger partial charge on any atom is -0.359 e. The topological polar surface area (TPSA) is 68.1 Å². The smallest absolute Gasteiger partial charge is 0.311 e. The summed E-state index contributed by atoms with van der Waals surface area (Å²) >= 11 is 1.51. The fourth-order valence-corrected chi connectivity index (χ4v) is 2.99. The Labute approximate surface area is 123 Å². The molecule has 0 radical (unpaired) electrons. The number of thiophene rings is 1. The van der Waals surface area contributed by atoms with Crippen molar-refractivity contribution < 1.29 is 9.31 Å². The van der Waals surface area contributed by atoms with Gasteiger partial charge in [0.1, 0.15) is 5.82 Å². The fraction of sp³-hybridized carbons (Fsp3) is 0.0714. The number of aromatic nitrogens is 1. The molecule has 0 aliphatic heterocycles. The van der Waals surface area contributed by atoms with Crippen molar-refractivity contribution in [3.05, 3.63) is 63.4 Å². The van der Waals surface area contributed by atoms with E-state index in [9.17, 15) is 14.5 Å². The Morgan fingerprint density at radius 1 is 1.33 bits per heavy atom. The molecule has 0 saturated carbocycles. The molecule has 3 rings (SSSR count). The van der Waals surface area contributed by atoms with Crippen LogP contribution in [-0.2, 0) is 6.54 Å². The molecule has 0 atom stereocenters. The van der Waals surface area contributed by atoms with Gasteiger partial charge in [0.15, 0.2) is 0 Å². The quantitative estimate of drug-likeness (QED) is 0.585. The van der Waals surface area contributed by atoms with Crippen LogP contribution < -0.4 is 5.32 Å². The summed E-state index contributed by atoms with van der Waals surface area (Å²) in [6.07, 6.45) is 1.50. The van der Waals surface area contributed by atoms with E-state index in [2.05, 4.69) is 10.3 Å².